The van der Waals surface area contributed by atoms with Gasteiger partial charge in [0.05, 0.1) is 17.3 Å². The van der Waals surface area contributed by atoms with Crippen molar-refractivity contribution in [1.82, 2.24) is 9.97 Å². The second kappa shape index (κ2) is 6.00. The summed E-state index contributed by atoms with van der Waals surface area (Å²) in [5.74, 6) is -0.177. The predicted molar refractivity (Wildman–Crippen MR) is 79.2 cm³/mol. The van der Waals surface area contributed by atoms with Crippen LogP contribution in [0.15, 0.2) is 23.7 Å². The van der Waals surface area contributed by atoms with Gasteiger partial charge in [0.15, 0.2) is 0 Å². The Hall–Kier alpha value is -1.95. The van der Waals surface area contributed by atoms with Crippen LogP contribution in [0.3, 0.4) is 0 Å². The normalized spacial score (nSPS) is 12.4. The third kappa shape index (κ3) is 3.14. The lowest BCUT2D eigenvalue weighted by molar-refractivity contribution is 0.0695. The topological polar surface area (TPSA) is 75.1 Å². The molecule has 2 aromatic heterocycles. The van der Waals surface area contributed by atoms with Crippen LogP contribution in [0, 0.1) is 12.8 Å². The zero-order valence-electron chi connectivity index (χ0n) is 11.6. The van der Waals surface area contributed by atoms with Crippen molar-refractivity contribution in [3.05, 3.63) is 39.8 Å². The van der Waals surface area contributed by atoms with Gasteiger partial charge in [0.2, 0.25) is 5.95 Å². The van der Waals surface area contributed by atoms with Crippen LogP contribution in [-0.4, -0.2) is 21.0 Å². The van der Waals surface area contributed by atoms with E-state index in [1.54, 1.807) is 18.3 Å². The average molecular weight is 291 g/mol. The molecule has 0 fully saturated rings. The van der Waals surface area contributed by atoms with E-state index in [9.17, 15) is 4.79 Å². The number of rotatable bonds is 5. The molecule has 0 radical (unpaired) electrons. The Labute approximate surface area is 121 Å². The summed E-state index contributed by atoms with van der Waals surface area (Å²) in [6, 6.07) is 4.20. The van der Waals surface area contributed by atoms with Gasteiger partial charge in [-0.1, -0.05) is 19.9 Å². The number of thiophene rings is 1. The number of hydrogen-bond donors (Lipinski definition) is 2. The van der Waals surface area contributed by atoms with Gasteiger partial charge in [0.1, 0.15) is 0 Å². The minimum atomic E-state index is -1.01. The SMILES string of the molecule is Cc1nc(NC(c2cccs2)C(C)C)ncc1C(=O)O. The molecule has 0 saturated carbocycles. The summed E-state index contributed by atoms with van der Waals surface area (Å²) in [5, 5.41) is 14.3. The quantitative estimate of drug-likeness (QED) is 0.883. The molecule has 106 valence electrons. The standard InChI is InChI=1S/C14H17N3O2S/c1-8(2)12(11-5-4-6-20-11)17-14-15-7-10(13(18)19)9(3)16-14/h4-8,12H,1-3H3,(H,18,19)(H,15,16,17). The van der Waals surface area contributed by atoms with Gasteiger partial charge >= 0.3 is 5.97 Å². The van der Waals surface area contributed by atoms with Crippen molar-refractivity contribution in [3.8, 4) is 0 Å². The van der Waals surface area contributed by atoms with E-state index in [0.29, 0.717) is 17.6 Å². The van der Waals surface area contributed by atoms with Crippen LogP contribution < -0.4 is 5.32 Å². The smallest absolute Gasteiger partial charge is 0.339 e. The number of nitrogens with one attached hydrogen (secondary N) is 1. The zero-order chi connectivity index (χ0) is 14.7. The summed E-state index contributed by atoms with van der Waals surface area (Å²) in [6.07, 6.45) is 1.35. The number of aromatic nitrogens is 2. The lowest BCUT2D eigenvalue weighted by atomic mass is 10.0. The number of hydrogen-bond acceptors (Lipinski definition) is 5. The van der Waals surface area contributed by atoms with Gasteiger partial charge in [-0.25, -0.2) is 14.8 Å². The maximum absolute atomic E-state index is 11.0. The summed E-state index contributed by atoms with van der Waals surface area (Å²) < 4.78 is 0. The van der Waals surface area contributed by atoms with E-state index in [1.165, 1.54) is 11.1 Å². The third-order valence-corrected chi connectivity index (χ3v) is 3.97. The molecule has 20 heavy (non-hydrogen) atoms. The van der Waals surface area contributed by atoms with Gasteiger partial charge in [-0.15, -0.1) is 11.3 Å². The van der Waals surface area contributed by atoms with Crippen molar-refractivity contribution >= 4 is 23.3 Å². The van der Waals surface area contributed by atoms with E-state index >= 15 is 0 Å². The zero-order valence-corrected chi connectivity index (χ0v) is 12.4. The molecule has 0 aromatic carbocycles. The molecule has 1 unspecified atom stereocenters. The maximum atomic E-state index is 11.0. The van der Waals surface area contributed by atoms with Crippen molar-refractivity contribution in [1.29, 1.82) is 0 Å². The molecule has 6 heteroatoms. The van der Waals surface area contributed by atoms with Crippen molar-refractivity contribution in [2.75, 3.05) is 5.32 Å². The Morgan fingerprint density at radius 1 is 1.45 bits per heavy atom. The fraction of sp³-hybridized carbons (Fsp3) is 0.357. The Morgan fingerprint density at radius 2 is 2.20 bits per heavy atom. The molecule has 2 rings (SSSR count). The second-order valence-corrected chi connectivity index (χ2v) is 5.86. The lowest BCUT2D eigenvalue weighted by Gasteiger charge is -2.21. The Bertz CT molecular complexity index is 596. The summed E-state index contributed by atoms with van der Waals surface area (Å²) >= 11 is 1.68. The summed E-state index contributed by atoms with van der Waals surface area (Å²) in [6.45, 7) is 5.91. The van der Waals surface area contributed by atoms with Gasteiger partial charge in [-0.05, 0) is 24.3 Å². The molecule has 0 bridgehead atoms. The molecule has 0 aliphatic rings. The predicted octanol–water partition coefficient (Wildman–Crippen LogP) is 3.35. The van der Waals surface area contributed by atoms with E-state index in [4.69, 9.17) is 5.11 Å². The Balaban J connectivity index is 2.24. The number of carboxylic acid groups (broad SMARTS) is 1. The number of aryl methyl sites for hydroxylation is 1. The fourth-order valence-corrected chi connectivity index (χ4v) is 2.87. The maximum Gasteiger partial charge on any atom is 0.339 e. The average Bonchev–Trinajstić information content (AvgIpc) is 2.88. The van der Waals surface area contributed by atoms with Crippen LogP contribution in [0.1, 0.15) is 40.8 Å². The molecule has 2 aromatic rings. The summed E-state index contributed by atoms with van der Waals surface area (Å²) in [7, 11) is 0. The van der Waals surface area contributed by atoms with E-state index in [1.807, 2.05) is 11.4 Å². The first kappa shape index (κ1) is 14.5. The molecule has 0 spiro atoms. The number of carboxylic acids is 1. The minimum Gasteiger partial charge on any atom is -0.478 e. The van der Waals surface area contributed by atoms with Gasteiger partial charge < -0.3 is 10.4 Å². The highest BCUT2D eigenvalue weighted by molar-refractivity contribution is 7.10. The van der Waals surface area contributed by atoms with Crippen LogP contribution in [-0.2, 0) is 0 Å². The summed E-state index contributed by atoms with van der Waals surface area (Å²) in [4.78, 5) is 20.5. The molecule has 0 saturated heterocycles. The van der Waals surface area contributed by atoms with E-state index in [2.05, 4.69) is 35.2 Å². The van der Waals surface area contributed by atoms with Crippen LogP contribution in [0.5, 0.6) is 0 Å². The third-order valence-electron chi connectivity index (χ3n) is 3.01. The molecule has 5 nitrogen and oxygen atoms in total. The number of aromatic carboxylic acids is 1. The van der Waals surface area contributed by atoms with Gasteiger partial charge in [-0.2, -0.15) is 0 Å². The van der Waals surface area contributed by atoms with E-state index in [-0.39, 0.29) is 11.6 Å². The van der Waals surface area contributed by atoms with Gasteiger partial charge in [0.25, 0.3) is 0 Å². The summed E-state index contributed by atoms with van der Waals surface area (Å²) in [5.41, 5.74) is 0.594. The van der Waals surface area contributed by atoms with Crippen LogP contribution in [0.2, 0.25) is 0 Å². The van der Waals surface area contributed by atoms with E-state index < -0.39 is 5.97 Å². The van der Waals surface area contributed by atoms with Crippen LogP contribution in [0.4, 0.5) is 5.95 Å². The van der Waals surface area contributed by atoms with Crippen molar-refractivity contribution in [2.45, 2.75) is 26.8 Å². The van der Waals surface area contributed by atoms with Crippen molar-refractivity contribution < 1.29 is 9.90 Å². The van der Waals surface area contributed by atoms with E-state index in [0.717, 1.165) is 0 Å². The lowest BCUT2D eigenvalue weighted by Crippen LogP contribution is -2.18. The van der Waals surface area contributed by atoms with Crippen LogP contribution >= 0.6 is 11.3 Å². The molecule has 0 amide bonds. The highest BCUT2D eigenvalue weighted by Crippen LogP contribution is 2.28. The Morgan fingerprint density at radius 3 is 2.70 bits per heavy atom. The molecule has 0 aliphatic heterocycles. The molecule has 2 N–H and O–H groups in total. The number of carbonyl (C=O) groups is 1. The highest BCUT2D eigenvalue weighted by Gasteiger charge is 2.18. The minimum absolute atomic E-state index is 0.116. The first-order valence-corrected chi connectivity index (χ1v) is 7.24. The largest absolute Gasteiger partial charge is 0.478 e. The molecular formula is C14H17N3O2S. The second-order valence-electron chi connectivity index (χ2n) is 4.88. The Kier molecular flexibility index (Phi) is 4.34. The number of anilines is 1. The fourth-order valence-electron chi connectivity index (χ4n) is 1.92. The molecule has 1 atom stereocenters. The monoisotopic (exact) mass is 291 g/mol. The molecular weight excluding hydrogens is 274 g/mol. The van der Waals surface area contributed by atoms with Crippen molar-refractivity contribution in [2.24, 2.45) is 5.92 Å². The van der Waals surface area contributed by atoms with Gasteiger partial charge in [0, 0.05) is 11.1 Å². The first-order chi connectivity index (χ1) is 9.49. The van der Waals surface area contributed by atoms with Gasteiger partial charge in [-0.3, -0.25) is 0 Å². The number of nitrogens with zero attached hydrogens (tertiary/aromatic N) is 2. The molecule has 0 aliphatic carbocycles. The molecule has 2 heterocycles. The highest BCUT2D eigenvalue weighted by atomic mass is 32.1. The van der Waals surface area contributed by atoms with Crippen LogP contribution in [0.25, 0.3) is 0 Å². The first-order valence-electron chi connectivity index (χ1n) is 6.36. The van der Waals surface area contributed by atoms with Crippen molar-refractivity contribution in [3.63, 3.8) is 0 Å².